The Morgan fingerprint density at radius 1 is 1.19 bits per heavy atom. The van der Waals surface area contributed by atoms with Crippen LogP contribution in [0, 0.1) is 0 Å². The number of piperazine rings is 1. The molecule has 2 N–H and O–H groups in total. The van der Waals surface area contributed by atoms with Crippen molar-refractivity contribution in [2.75, 3.05) is 19.6 Å². The number of nitrogens with zero attached hydrogens (tertiary/aromatic N) is 3. The summed E-state index contributed by atoms with van der Waals surface area (Å²) in [6.45, 7) is 2.05. The Labute approximate surface area is 158 Å². The number of rotatable bonds is 5. The van der Waals surface area contributed by atoms with Crippen molar-refractivity contribution in [2.45, 2.75) is 50.2 Å². The molecule has 0 bridgehead atoms. The number of carbonyl (C=O) groups excluding carboxylic acids is 2. The van der Waals surface area contributed by atoms with Crippen molar-refractivity contribution in [3.05, 3.63) is 30.1 Å². The van der Waals surface area contributed by atoms with Crippen molar-refractivity contribution < 1.29 is 9.59 Å². The van der Waals surface area contributed by atoms with Gasteiger partial charge >= 0.3 is 0 Å². The lowest BCUT2D eigenvalue weighted by molar-refractivity contribution is -0.142. The summed E-state index contributed by atoms with van der Waals surface area (Å²) in [5.74, 6) is 1.44. The summed E-state index contributed by atoms with van der Waals surface area (Å²) in [4.78, 5) is 32.3. The predicted molar refractivity (Wildman–Crippen MR) is 101 cm³/mol. The third kappa shape index (κ3) is 3.32. The SMILES string of the molecule is O=C(NC1CC1)C1CNCCN1C(=O)Cn1c(C2CC2)nc2ccccc21. The fourth-order valence-corrected chi connectivity index (χ4v) is 3.90. The molecule has 3 fully saturated rings. The van der Waals surface area contributed by atoms with Gasteiger partial charge in [-0.2, -0.15) is 0 Å². The number of para-hydroxylation sites is 2. The van der Waals surface area contributed by atoms with Crippen LogP contribution in [0.25, 0.3) is 11.0 Å². The molecule has 2 aliphatic carbocycles. The highest BCUT2D eigenvalue weighted by atomic mass is 16.2. The molecular weight excluding hydrogens is 342 g/mol. The summed E-state index contributed by atoms with van der Waals surface area (Å²) in [6, 6.07) is 7.86. The molecule has 0 spiro atoms. The summed E-state index contributed by atoms with van der Waals surface area (Å²) in [7, 11) is 0. The Bertz CT molecular complexity index is 884. The largest absolute Gasteiger partial charge is 0.352 e. The van der Waals surface area contributed by atoms with E-state index in [1.165, 1.54) is 0 Å². The fraction of sp³-hybridized carbons (Fsp3) is 0.550. The van der Waals surface area contributed by atoms with E-state index in [0.717, 1.165) is 49.1 Å². The molecular formula is C20H25N5O2. The Balaban J connectivity index is 1.39. The van der Waals surface area contributed by atoms with Crippen molar-refractivity contribution in [3.8, 4) is 0 Å². The van der Waals surface area contributed by atoms with Gasteiger partial charge in [0.2, 0.25) is 11.8 Å². The summed E-state index contributed by atoms with van der Waals surface area (Å²) < 4.78 is 2.06. The summed E-state index contributed by atoms with van der Waals surface area (Å²) in [6.07, 6.45) is 4.37. The molecule has 27 heavy (non-hydrogen) atoms. The van der Waals surface area contributed by atoms with Crippen LogP contribution in [-0.4, -0.2) is 58.0 Å². The van der Waals surface area contributed by atoms with Gasteiger partial charge in [0, 0.05) is 31.6 Å². The Hall–Kier alpha value is -2.41. The van der Waals surface area contributed by atoms with Crippen LogP contribution in [0.3, 0.4) is 0 Å². The van der Waals surface area contributed by atoms with Crippen molar-refractivity contribution in [2.24, 2.45) is 0 Å². The molecule has 142 valence electrons. The average Bonchev–Trinajstić information content (AvgIpc) is 3.61. The topological polar surface area (TPSA) is 79.3 Å². The zero-order valence-corrected chi connectivity index (χ0v) is 15.4. The molecule has 3 aliphatic rings. The van der Waals surface area contributed by atoms with Crippen LogP contribution in [0.4, 0.5) is 0 Å². The first kappa shape index (κ1) is 16.7. The van der Waals surface area contributed by atoms with Crippen molar-refractivity contribution in [1.29, 1.82) is 0 Å². The highest BCUT2D eigenvalue weighted by molar-refractivity contribution is 5.89. The van der Waals surface area contributed by atoms with Crippen LogP contribution in [-0.2, 0) is 16.1 Å². The normalized spacial score (nSPS) is 22.8. The highest BCUT2D eigenvalue weighted by Crippen LogP contribution is 2.40. The van der Waals surface area contributed by atoms with E-state index in [1.54, 1.807) is 4.90 Å². The molecule has 2 aromatic rings. The minimum atomic E-state index is -0.425. The van der Waals surface area contributed by atoms with E-state index in [9.17, 15) is 9.59 Å². The zero-order valence-electron chi connectivity index (χ0n) is 15.4. The Morgan fingerprint density at radius 2 is 2.00 bits per heavy atom. The Morgan fingerprint density at radius 3 is 2.78 bits per heavy atom. The fourth-order valence-electron chi connectivity index (χ4n) is 3.90. The van der Waals surface area contributed by atoms with E-state index in [1.807, 2.05) is 24.3 Å². The third-order valence-corrected chi connectivity index (χ3v) is 5.71. The zero-order chi connectivity index (χ0) is 18.4. The molecule has 1 unspecified atom stereocenters. The minimum absolute atomic E-state index is 0.00231. The van der Waals surface area contributed by atoms with Gasteiger partial charge in [0.1, 0.15) is 18.4 Å². The second-order valence-corrected chi connectivity index (χ2v) is 7.91. The first-order valence-corrected chi connectivity index (χ1v) is 9.96. The quantitative estimate of drug-likeness (QED) is 0.826. The van der Waals surface area contributed by atoms with Crippen LogP contribution < -0.4 is 10.6 Å². The molecule has 1 aliphatic heterocycles. The smallest absolute Gasteiger partial charge is 0.244 e. The van der Waals surface area contributed by atoms with E-state index >= 15 is 0 Å². The molecule has 5 rings (SSSR count). The summed E-state index contributed by atoms with van der Waals surface area (Å²) in [5, 5.41) is 6.29. The molecule has 7 nitrogen and oxygen atoms in total. The van der Waals surface area contributed by atoms with Crippen molar-refractivity contribution in [1.82, 2.24) is 25.1 Å². The van der Waals surface area contributed by atoms with Crippen LogP contribution in [0.15, 0.2) is 24.3 Å². The van der Waals surface area contributed by atoms with E-state index in [4.69, 9.17) is 4.98 Å². The maximum atomic E-state index is 13.2. The maximum Gasteiger partial charge on any atom is 0.244 e. The average molecular weight is 367 g/mol. The molecule has 7 heteroatoms. The number of carbonyl (C=O) groups is 2. The predicted octanol–water partition coefficient (Wildman–Crippen LogP) is 0.993. The van der Waals surface area contributed by atoms with Crippen LogP contribution in [0.2, 0.25) is 0 Å². The lowest BCUT2D eigenvalue weighted by atomic mass is 10.1. The van der Waals surface area contributed by atoms with Crippen molar-refractivity contribution >= 4 is 22.8 Å². The van der Waals surface area contributed by atoms with Crippen LogP contribution in [0.1, 0.15) is 37.4 Å². The molecule has 0 radical (unpaired) electrons. The maximum absolute atomic E-state index is 13.2. The van der Waals surface area contributed by atoms with Gasteiger partial charge in [-0.15, -0.1) is 0 Å². The monoisotopic (exact) mass is 367 g/mol. The van der Waals surface area contributed by atoms with Crippen LogP contribution >= 0.6 is 0 Å². The summed E-state index contributed by atoms with van der Waals surface area (Å²) >= 11 is 0. The van der Waals surface area contributed by atoms with Gasteiger partial charge in [-0.05, 0) is 37.8 Å². The number of fused-ring (bicyclic) bond motifs is 1. The number of hydrogen-bond acceptors (Lipinski definition) is 4. The Kier molecular flexibility index (Phi) is 4.11. The van der Waals surface area contributed by atoms with Crippen LogP contribution in [0.5, 0.6) is 0 Å². The molecule has 1 saturated heterocycles. The molecule has 1 aromatic heterocycles. The molecule has 2 heterocycles. The van der Waals surface area contributed by atoms with Gasteiger partial charge in [0.15, 0.2) is 0 Å². The lowest BCUT2D eigenvalue weighted by Gasteiger charge is -2.35. The van der Waals surface area contributed by atoms with Gasteiger partial charge in [-0.1, -0.05) is 12.1 Å². The van der Waals surface area contributed by atoms with Gasteiger partial charge in [-0.3, -0.25) is 9.59 Å². The number of benzene rings is 1. The second-order valence-electron chi connectivity index (χ2n) is 7.91. The molecule has 1 aromatic carbocycles. The number of nitrogens with one attached hydrogen (secondary N) is 2. The van der Waals surface area contributed by atoms with Crippen molar-refractivity contribution in [3.63, 3.8) is 0 Å². The first-order chi connectivity index (χ1) is 13.2. The molecule has 1 atom stereocenters. The number of aromatic nitrogens is 2. The van der Waals surface area contributed by atoms with Gasteiger partial charge in [0.05, 0.1) is 11.0 Å². The third-order valence-electron chi connectivity index (χ3n) is 5.71. The van der Waals surface area contributed by atoms with E-state index < -0.39 is 6.04 Å². The number of hydrogen-bond donors (Lipinski definition) is 2. The minimum Gasteiger partial charge on any atom is -0.352 e. The number of amides is 2. The van der Waals surface area contributed by atoms with Gasteiger partial charge < -0.3 is 20.1 Å². The summed E-state index contributed by atoms with van der Waals surface area (Å²) in [5.41, 5.74) is 1.94. The van der Waals surface area contributed by atoms with E-state index in [-0.39, 0.29) is 18.4 Å². The highest BCUT2D eigenvalue weighted by Gasteiger charge is 2.36. The van der Waals surface area contributed by atoms with E-state index in [0.29, 0.717) is 25.0 Å². The molecule has 2 amide bonds. The molecule has 2 saturated carbocycles. The first-order valence-electron chi connectivity index (χ1n) is 9.96. The van der Waals surface area contributed by atoms with E-state index in [2.05, 4.69) is 15.2 Å². The second kappa shape index (κ2) is 6.64. The lowest BCUT2D eigenvalue weighted by Crippen LogP contribution is -2.60. The van der Waals surface area contributed by atoms with Gasteiger partial charge in [-0.25, -0.2) is 4.98 Å². The van der Waals surface area contributed by atoms with Gasteiger partial charge in [0.25, 0.3) is 0 Å². The number of imidazole rings is 1. The standard InChI is InChI=1S/C20H25N5O2/c26-18(24-10-9-21-11-17(24)20(27)22-14-7-8-14)12-25-16-4-2-1-3-15(16)23-19(25)13-5-6-13/h1-4,13-14,17,21H,5-12H2,(H,22,27).